The van der Waals surface area contributed by atoms with Crippen molar-refractivity contribution in [3.63, 3.8) is 0 Å². The summed E-state index contributed by atoms with van der Waals surface area (Å²) >= 11 is 0. The van der Waals surface area contributed by atoms with Crippen LogP contribution in [0.3, 0.4) is 0 Å². The van der Waals surface area contributed by atoms with Gasteiger partial charge in [0.1, 0.15) is 16.8 Å². The van der Waals surface area contributed by atoms with Crippen LogP contribution in [0.2, 0.25) is 0 Å². The molecule has 11 heavy (non-hydrogen) atoms. The molecule has 0 N–H and O–H groups in total. The van der Waals surface area contributed by atoms with Gasteiger partial charge in [-0.25, -0.2) is 0 Å². The lowest BCUT2D eigenvalue weighted by Gasteiger charge is -2.19. The molecule has 0 aromatic rings. The molecule has 0 aromatic carbocycles. The molecule has 2 atom stereocenters. The lowest BCUT2D eigenvalue weighted by molar-refractivity contribution is -0.208. The van der Waals surface area contributed by atoms with Crippen molar-refractivity contribution in [2.24, 2.45) is 0 Å². The van der Waals surface area contributed by atoms with Crippen LogP contribution in [0.1, 0.15) is 27.2 Å². The van der Waals surface area contributed by atoms with Crippen molar-refractivity contribution in [3.8, 4) is 0 Å². The summed E-state index contributed by atoms with van der Waals surface area (Å²) < 4.78 is 15.7. The Kier molecular flexibility index (Phi) is 6.85. The summed E-state index contributed by atoms with van der Waals surface area (Å²) in [4.78, 5) is 0. The highest BCUT2D eigenvalue weighted by Gasteiger charge is 2.08. The van der Waals surface area contributed by atoms with E-state index in [0.29, 0.717) is 17.1 Å². The van der Waals surface area contributed by atoms with Crippen molar-refractivity contribution in [3.05, 3.63) is 0 Å². The Balaban J connectivity index is 3.44. The number of hydrogen-bond donors (Lipinski definition) is 0. The van der Waals surface area contributed by atoms with Crippen molar-refractivity contribution < 1.29 is 13.9 Å². The molecule has 0 saturated carbocycles. The maximum absolute atomic E-state index is 5.38. The predicted molar refractivity (Wildman–Crippen MR) is 47.3 cm³/mol. The molecule has 4 heteroatoms. The van der Waals surface area contributed by atoms with Crippen molar-refractivity contribution in [2.45, 2.75) is 39.8 Å². The van der Waals surface area contributed by atoms with Gasteiger partial charge in [0.25, 0.3) is 0 Å². The van der Waals surface area contributed by atoms with Gasteiger partial charge < -0.3 is 13.9 Å². The van der Waals surface area contributed by atoms with Crippen LogP contribution in [-0.4, -0.2) is 29.7 Å². The molecule has 0 fully saturated rings. The first kappa shape index (κ1) is 11.1. The van der Waals surface area contributed by atoms with E-state index in [4.69, 9.17) is 13.9 Å². The summed E-state index contributed by atoms with van der Waals surface area (Å²) in [6.07, 6.45) is 0.642. The summed E-state index contributed by atoms with van der Waals surface area (Å²) in [7, 11) is 0.711. The van der Waals surface area contributed by atoms with Gasteiger partial charge in [0.15, 0.2) is 6.29 Å². The Bertz CT molecular complexity index is 85.8. The van der Waals surface area contributed by atoms with E-state index in [0.717, 1.165) is 6.42 Å². The molecular weight excluding hydrogens is 160 g/mol. The molecule has 0 heterocycles. The summed E-state index contributed by atoms with van der Waals surface area (Å²) in [6, 6.07) is 0. The monoisotopic (exact) mass is 178 g/mol. The second kappa shape index (κ2) is 6.79. The van der Waals surface area contributed by atoms with Gasteiger partial charge in [-0.05, 0) is 20.3 Å². The van der Waals surface area contributed by atoms with E-state index in [1.807, 2.05) is 20.8 Å². The summed E-state index contributed by atoms with van der Waals surface area (Å²) in [5, 5.41) is 0. The van der Waals surface area contributed by atoms with Crippen LogP contribution in [-0.2, 0) is 13.9 Å². The zero-order valence-electron chi connectivity index (χ0n) is 7.79. The van der Waals surface area contributed by atoms with Crippen LogP contribution >= 0.6 is 0 Å². The number of hydrogen-bond acceptors (Lipinski definition) is 3. The van der Waals surface area contributed by atoms with E-state index in [2.05, 4.69) is 0 Å². The molecule has 0 rings (SSSR count). The van der Waals surface area contributed by atoms with Gasteiger partial charge in [-0.15, -0.1) is 0 Å². The SMILES string of the molecule is CCOC(C)OC(CC)O[SiH3]. The third-order valence-corrected chi connectivity index (χ3v) is 1.87. The summed E-state index contributed by atoms with van der Waals surface area (Å²) in [6.45, 7) is 6.54. The van der Waals surface area contributed by atoms with E-state index in [-0.39, 0.29) is 12.6 Å². The van der Waals surface area contributed by atoms with Gasteiger partial charge in [-0.1, -0.05) is 6.92 Å². The van der Waals surface area contributed by atoms with Crippen LogP contribution in [0.15, 0.2) is 0 Å². The molecular formula is C7H18O3Si. The highest BCUT2D eigenvalue weighted by molar-refractivity contribution is 5.98. The topological polar surface area (TPSA) is 27.7 Å². The second-order valence-corrected chi connectivity index (χ2v) is 2.70. The summed E-state index contributed by atoms with van der Waals surface area (Å²) in [5.41, 5.74) is 0. The minimum absolute atomic E-state index is 0.0804. The van der Waals surface area contributed by atoms with E-state index in [9.17, 15) is 0 Å². The minimum Gasteiger partial charge on any atom is -0.404 e. The van der Waals surface area contributed by atoms with Crippen molar-refractivity contribution >= 4 is 10.5 Å². The van der Waals surface area contributed by atoms with E-state index in [1.165, 1.54) is 0 Å². The van der Waals surface area contributed by atoms with Crippen molar-refractivity contribution in [2.75, 3.05) is 6.61 Å². The standard InChI is InChI=1S/C7H18O3Si/c1-4-7(10-11)9-6(3)8-5-2/h6-7H,4-5H2,1-3,11H3. The lowest BCUT2D eigenvalue weighted by Crippen LogP contribution is -2.23. The van der Waals surface area contributed by atoms with Gasteiger partial charge in [0, 0.05) is 6.61 Å². The molecule has 3 nitrogen and oxygen atoms in total. The highest BCUT2D eigenvalue weighted by atomic mass is 28.2. The molecule has 68 valence electrons. The van der Waals surface area contributed by atoms with Crippen LogP contribution in [0.25, 0.3) is 0 Å². The smallest absolute Gasteiger partial charge is 0.157 e. The van der Waals surface area contributed by atoms with E-state index < -0.39 is 0 Å². The molecule has 0 saturated heterocycles. The highest BCUT2D eigenvalue weighted by Crippen LogP contribution is 2.03. The fraction of sp³-hybridized carbons (Fsp3) is 1.00. The molecule has 0 aliphatic heterocycles. The number of ether oxygens (including phenoxy) is 2. The minimum atomic E-state index is -0.154. The summed E-state index contributed by atoms with van der Waals surface area (Å²) in [5.74, 6) is 0. The third kappa shape index (κ3) is 5.38. The Labute approximate surface area is 71.6 Å². The van der Waals surface area contributed by atoms with E-state index >= 15 is 0 Å². The maximum Gasteiger partial charge on any atom is 0.157 e. The molecule has 0 radical (unpaired) electrons. The second-order valence-electron chi connectivity index (χ2n) is 2.23. The van der Waals surface area contributed by atoms with Gasteiger partial charge >= 0.3 is 0 Å². The normalized spacial score (nSPS) is 16.6. The van der Waals surface area contributed by atoms with Gasteiger partial charge in [-0.2, -0.15) is 0 Å². The van der Waals surface area contributed by atoms with Gasteiger partial charge in [-0.3, -0.25) is 0 Å². The molecule has 2 unspecified atom stereocenters. The largest absolute Gasteiger partial charge is 0.404 e. The number of rotatable bonds is 6. The first-order valence-corrected chi connectivity index (χ1v) is 4.86. The third-order valence-electron chi connectivity index (χ3n) is 1.34. The zero-order chi connectivity index (χ0) is 8.69. The fourth-order valence-corrected chi connectivity index (χ4v) is 1.25. The predicted octanol–water partition coefficient (Wildman–Crippen LogP) is 0.419. The first-order chi connectivity index (χ1) is 5.24. The fourth-order valence-electron chi connectivity index (χ4n) is 0.806. The van der Waals surface area contributed by atoms with Gasteiger partial charge in [0.2, 0.25) is 0 Å². The molecule has 0 amide bonds. The molecule has 0 bridgehead atoms. The lowest BCUT2D eigenvalue weighted by atomic mass is 10.5. The average molecular weight is 178 g/mol. The Morgan fingerprint density at radius 1 is 1.36 bits per heavy atom. The van der Waals surface area contributed by atoms with Crippen LogP contribution < -0.4 is 0 Å². The maximum atomic E-state index is 5.38. The van der Waals surface area contributed by atoms with Crippen molar-refractivity contribution in [1.82, 2.24) is 0 Å². The van der Waals surface area contributed by atoms with Crippen molar-refractivity contribution in [1.29, 1.82) is 0 Å². The zero-order valence-corrected chi connectivity index (χ0v) is 9.79. The first-order valence-electron chi connectivity index (χ1n) is 4.04. The van der Waals surface area contributed by atoms with Crippen LogP contribution in [0.4, 0.5) is 0 Å². The molecule has 0 spiro atoms. The average Bonchev–Trinajstić information content (AvgIpc) is 2.01. The molecule has 0 aliphatic rings. The quantitative estimate of drug-likeness (QED) is 0.436. The van der Waals surface area contributed by atoms with Crippen LogP contribution in [0.5, 0.6) is 0 Å². The molecule has 0 aliphatic carbocycles. The van der Waals surface area contributed by atoms with E-state index in [1.54, 1.807) is 0 Å². The Morgan fingerprint density at radius 2 is 2.00 bits per heavy atom. The Morgan fingerprint density at radius 3 is 2.36 bits per heavy atom. The molecule has 0 aromatic heterocycles. The van der Waals surface area contributed by atoms with Gasteiger partial charge in [0.05, 0.1) is 0 Å². The van der Waals surface area contributed by atoms with Crippen LogP contribution in [0, 0.1) is 0 Å². The Hall–Kier alpha value is 0.0969.